The molecule has 0 bridgehead atoms. The number of rotatable bonds is 7. The van der Waals surface area contributed by atoms with E-state index in [1.54, 1.807) is 25.3 Å². The molecular weight excluding hydrogens is 335 g/mol. The van der Waals surface area contributed by atoms with Gasteiger partial charge in [-0.25, -0.2) is 4.39 Å². The summed E-state index contributed by atoms with van der Waals surface area (Å²) in [6.07, 6.45) is 5.12. The number of aliphatic hydroxyl groups excluding tert-OH is 1. The fraction of sp³-hybridized carbons (Fsp3) is 0.211. The number of halogens is 1. The minimum atomic E-state index is -0.720. The second kappa shape index (κ2) is 8.87. The van der Waals surface area contributed by atoms with Crippen LogP contribution in [0.5, 0.6) is 0 Å². The highest BCUT2D eigenvalue weighted by atomic mass is 19.1. The Kier molecular flexibility index (Phi) is 6.57. The summed E-state index contributed by atoms with van der Waals surface area (Å²) in [6.45, 7) is 4.88. The van der Waals surface area contributed by atoms with E-state index in [0.29, 0.717) is 17.0 Å². The summed E-state index contributed by atoms with van der Waals surface area (Å²) in [7, 11) is 1.65. The molecule has 0 radical (unpaired) electrons. The zero-order valence-electron chi connectivity index (χ0n) is 14.7. The van der Waals surface area contributed by atoms with Crippen molar-refractivity contribution in [3.63, 3.8) is 0 Å². The molecule has 0 saturated heterocycles. The van der Waals surface area contributed by atoms with Crippen LogP contribution in [0.2, 0.25) is 0 Å². The van der Waals surface area contributed by atoms with Gasteiger partial charge in [-0.05, 0) is 49.1 Å². The molecule has 2 N–H and O–H groups in total. The fourth-order valence-electron chi connectivity index (χ4n) is 2.47. The van der Waals surface area contributed by atoms with E-state index in [0.717, 1.165) is 5.57 Å². The lowest BCUT2D eigenvalue weighted by molar-refractivity contribution is 0.0906. The van der Waals surface area contributed by atoms with Gasteiger partial charge in [0.2, 0.25) is 0 Å². The largest absolute Gasteiger partial charge is 0.394 e. The topological polar surface area (TPSA) is 79.5 Å². The molecule has 0 aliphatic carbocycles. The van der Waals surface area contributed by atoms with Crippen molar-refractivity contribution < 1.29 is 14.3 Å². The van der Waals surface area contributed by atoms with Crippen molar-refractivity contribution in [2.24, 2.45) is 12.0 Å². The minimum absolute atomic E-state index is 0.314. The maximum Gasteiger partial charge on any atom is 0.270 e. The van der Waals surface area contributed by atoms with Crippen LogP contribution in [-0.2, 0) is 7.05 Å². The van der Waals surface area contributed by atoms with Gasteiger partial charge in [0.15, 0.2) is 0 Å². The van der Waals surface area contributed by atoms with Gasteiger partial charge >= 0.3 is 0 Å². The van der Waals surface area contributed by atoms with Crippen molar-refractivity contribution >= 4 is 18.2 Å². The van der Waals surface area contributed by atoms with Gasteiger partial charge in [-0.3, -0.25) is 14.5 Å². The van der Waals surface area contributed by atoms with E-state index in [1.807, 2.05) is 13.0 Å². The summed E-state index contributed by atoms with van der Waals surface area (Å²) in [4.78, 5) is 16.2. The summed E-state index contributed by atoms with van der Waals surface area (Å²) in [5.41, 5.74) is 2.19. The Morgan fingerprint density at radius 1 is 1.50 bits per heavy atom. The zero-order chi connectivity index (χ0) is 19.1. The first-order chi connectivity index (χ1) is 12.5. The Balaban J connectivity index is 2.24. The fourth-order valence-corrected chi connectivity index (χ4v) is 2.47. The maximum absolute atomic E-state index is 13.4. The van der Waals surface area contributed by atoms with Crippen LogP contribution in [-0.4, -0.2) is 34.1 Å². The number of aryl methyl sites for hydroxylation is 1. The highest BCUT2D eigenvalue weighted by molar-refractivity contribution is 5.94. The third-order valence-corrected chi connectivity index (χ3v) is 3.82. The van der Waals surface area contributed by atoms with Crippen molar-refractivity contribution in [1.82, 2.24) is 15.1 Å². The van der Waals surface area contributed by atoms with E-state index in [9.17, 15) is 14.3 Å². The monoisotopic (exact) mass is 356 g/mol. The predicted molar refractivity (Wildman–Crippen MR) is 99.2 cm³/mol. The van der Waals surface area contributed by atoms with Gasteiger partial charge in [0.1, 0.15) is 11.5 Å². The Bertz CT molecular complexity index is 855. The number of aliphatic hydroxyl groups is 1. The standard InChI is InChI=1S/C19H21FN4O2/c1-4-13(8-9-21-2)16-11-18(24(3)23-16)19(26)22-17(12-25)14-6-5-7-15(20)10-14/h4-11,17,25H,2,12H2,1,3H3,(H,22,26)/b9-8-,13-4+. The smallest absolute Gasteiger partial charge is 0.270 e. The summed E-state index contributed by atoms with van der Waals surface area (Å²) in [5, 5.41) is 16.6. The Morgan fingerprint density at radius 2 is 2.27 bits per heavy atom. The van der Waals surface area contributed by atoms with Gasteiger partial charge in [-0.2, -0.15) is 5.10 Å². The number of carbonyl (C=O) groups is 1. The molecular formula is C19H21FN4O2. The van der Waals surface area contributed by atoms with Crippen LogP contribution in [0.15, 0.2) is 53.7 Å². The van der Waals surface area contributed by atoms with Crippen LogP contribution < -0.4 is 5.32 Å². The lowest BCUT2D eigenvalue weighted by atomic mass is 10.1. The van der Waals surface area contributed by atoms with Gasteiger partial charge in [-0.15, -0.1) is 0 Å². The third kappa shape index (κ3) is 4.52. The summed E-state index contributed by atoms with van der Waals surface area (Å²) < 4.78 is 14.8. The third-order valence-electron chi connectivity index (χ3n) is 3.82. The number of nitrogens with zero attached hydrogens (tertiary/aromatic N) is 3. The molecule has 2 aromatic rings. The van der Waals surface area contributed by atoms with Crippen LogP contribution in [0.25, 0.3) is 5.57 Å². The molecule has 1 unspecified atom stereocenters. The molecule has 0 aliphatic rings. The van der Waals surface area contributed by atoms with Gasteiger partial charge in [-0.1, -0.05) is 18.2 Å². The van der Waals surface area contributed by atoms with Crippen molar-refractivity contribution in [3.8, 4) is 0 Å². The van der Waals surface area contributed by atoms with Crippen LogP contribution in [0.3, 0.4) is 0 Å². The number of allylic oxidation sites excluding steroid dienone is 3. The average Bonchev–Trinajstić information content (AvgIpc) is 3.02. The van der Waals surface area contributed by atoms with Gasteiger partial charge in [0.25, 0.3) is 5.91 Å². The van der Waals surface area contributed by atoms with Crippen molar-refractivity contribution in [2.75, 3.05) is 6.61 Å². The molecule has 1 aromatic carbocycles. The summed E-state index contributed by atoms with van der Waals surface area (Å²) in [6, 6.07) is 6.67. The van der Waals surface area contributed by atoms with Crippen LogP contribution in [0.1, 0.15) is 34.7 Å². The highest BCUT2D eigenvalue weighted by Gasteiger charge is 2.19. The molecule has 0 fully saturated rings. The second-order valence-electron chi connectivity index (χ2n) is 5.54. The van der Waals surface area contributed by atoms with Crippen LogP contribution in [0, 0.1) is 5.82 Å². The van der Waals surface area contributed by atoms with E-state index in [-0.39, 0.29) is 6.61 Å². The molecule has 136 valence electrons. The normalized spacial score (nSPS) is 13.0. The average molecular weight is 356 g/mol. The molecule has 2 rings (SSSR count). The summed E-state index contributed by atoms with van der Waals surface area (Å²) >= 11 is 0. The van der Waals surface area contributed by atoms with E-state index in [1.165, 1.54) is 29.1 Å². The predicted octanol–water partition coefficient (Wildman–Crippen LogP) is 2.64. The first-order valence-electron chi connectivity index (χ1n) is 8.00. The van der Waals surface area contributed by atoms with Crippen LogP contribution >= 0.6 is 0 Å². The number of benzene rings is 1. The Labute approximate surface area is 151 Å². The number of aromatic nitrogens is 2. The van der Waals surface area contributed by atoms with Crippen molar-refractivity contribution in [2.45, 2.75) is 13.0 Å². The summed E-state index contributed by atoms with van der Waals surface area (Å²) in [5.74, 6) is -0.853. The first kappa shape index (κ1) is 19.3. The molecule has 6 nitrogen and oxygen atoms in total. The number of hydrogen-bond donors (Lipinski definition) is 2. The highest BCUT2D eigenvalue weighted by Crippen LogP contribution is 2.18. The molecule has 0 saturated carbocycles. The quantitative estimate of drug-likeness (QED) is 0.591. The first-order valence-corrected chi connectivity index (χ1v) is 8.00. The lowest BCUT2D eigenvalue weighted by Crippen LogP contribution is -2.32. The van der Waals surface area contributed by atoms with E-state index in [2.05, 4.69) is 22.1 Å². The van der Waals surface area contributed by atoms with Crippen molar-refractivity contribution in [1.29, 1.82) is 0 Å². The molecule has 0 spiro atoms. The number of hydrogen-bond acceptors (Lipinski definition) is 4. The van der Waals surface area contributed by atoms with Gasteiger partial charge in [0.05, 0.1) is 18.3 Å². The zero-order valence-corrected chi connectivity index (χ0v) is 14.7. The molecule has 1 aromatic heterocycles. The van der Waals surface area contributed by atoms with Gasteiger partial charge < -0.3 is 10.4 Å². The van der Waals surface area contributed by atoms with Gasteiger partial charge in [0, 0.05) is 13.2 Å². The SMILES string of the molecule is C=N/C=C\C(=C/C)c1cc(C(=O)NC(CO)c2cccc(F)c2)n(C)n1. The molecule has 26 heavy (non-hydrogen) atoms. The van der Waals surface area contributed by atoms with E-state index >= 15 is 0 Å². The Hall–Kier alpha value is -3.06. The number of amides is 1. The molecule has 7 heteroatoms. The van der Waals surface area contributed by atoms with E-state index < -0.39 is 17.8 Å². The van der Waals surface area contributed by atoms with Crippen molar-refractivity contribution in [3.05, 3.63) is 71.5 Å². The second-order valence-corrected chi connectivity index (χ2v) is 5.54. The molecule has 1 atom stereocenters. The molecule has 0 aliphatic heterocycles. The van der Waals surface area contributed by atoms with Crippen LogP contribution in [0.4, 0.5) is 4.39 Å². The molecule has 1 heterocycles. The minimum Gasteiger partial charge on any atom is -0.394 e. The maximum atomic E-state index is 13.4. The molecule has 1 amide bonds. The number of carbonyl (C=O) groups excluding carboxylic acids is 1. The van der Waals surface area contributed by atoms with E-state index in [4.69, 9.17) is 0 Å². The number of aliphatic imine (C=N–C) groups is 1. The Morgan fingerprint density at radius 3 is 2.88 bits per heavy atom. The number of nitrogens with one attached hydrogen (secondary N) is 1. The lowest BCUT2D eigenvalue weighted by Gasteiger charge is -2.16.